The predicted octanol–water partition coefficient (Wildman–Crippen LogP) is 3.64. The Morgan fingerprint density at radius 2 is 1.63 bits per heavy atom. The third-order valence-corrected chi connectivity index (χ3v) is 4.20. The molecule has 0 atom stereocenters. The first-order chi connectivity index (χ1) is 12.9. The zero-order chi connectivity index (χ0) is 19.0. The Morgan fingerprint density at radius 3 is 2.30 bits per heavy atom. The summed E-state index contributed by atoms with van der Waals surface area (Å²) < 4.78 is 40.7. The van der Waals surface area contributed by atoms with E-state index < -0.39 is 6.36 Å². The summed E-state index contributed by atoms with van der Waals surface area (Å²) in [6.45, 7) is 0.979. The molecule has 0 spiro atoms. The van der Waals surface area contributed by atoms with Gasteiger partial charge in [0.15, 0.2) is 0 Å². The van der Waals surface area contributed by atoms with Crippen molar-refractivity contribution in [3.63, 3.8) is 0 Å². The van der Waals surface area contributed by atoms with Crippen LogP contribution in [0, 0.1) is 0 Å². The summed E-state index contributed by atoms with van der Waals surface area (Å²) in [5, 5.41) is 0. The molecule has 0 radical (unpaired) electrons. The second kappa shape index (κ2) is 6.46. The molecule has 2 heterocycles. The van der Waals surface area contributed by atoms with Crippen LogP contribution in [0.25, 0.3) is 6.08 Å². The maximum atomic E-state index is 12.6. The van der Waals surface area contributed by atoms with Gasteiger partial charge in [-0.3, -0.25) is 9.69 Å². The predicted molar refractivity (Wildman–Crippen MR) is 94.0 cm³/mol. The highest BCUT2D eigenvalue weighted by atomic mass is 19.4. The fourth-order valence-corrected chi connectivity index (χ4v) is 3.03. The number of amides is 1. The number of alkyl halides is 3. The molecule has 5 nitrogen and oxygen atoms in total. The maximum absolute atomic E-state index is 12.6. The van der Waals surface area contributed by atoms with Gasteiger partial charge in [-0.2, -0.15) is 0 Å². The topological polar surface area (TPSA) is 45.1 Å². The highest BCUT2D eigenvalue weighted by molar-refractivity contribution is 6.19. The first kappa shape index (κ1) is 17.1. The summed E-state index contributed by atoms with van der Waals surface area (Å²) in [6.07, 6.45) is -3.02. The zero-order valence-electron chi connectivity index (χ0n) is 14.0. The van der Waals surface area contributed by atoms with Crippen LogP contribution < -0.4 is 9.64 Å². The number of hydrogen-bond acceptors (Lipinski definition) is 4. The van der Waals surface area contributed by atoms with Gasteiger partial charge < -0.3 is 9.64 Å². The van der Waals surface area contributed by atoms with E-state index in [4.69, 9.17) is 0 Å². The van der Waals surface area contributed by atoms with Crippen molar-refractivity contribution in [2.45, 2.75) is 6.36 Å². The van der Waals surface area contributed by atoms with E-state index in [1.54, 1.807) is 15.9 Å². The molecule has 0 aliphatic carbocycles. The third-order valence-electron chi connectivity index (χ3n) is 4.20. The fourth-order valence-electron chi connectivity index (χ4n) is 3.03. The largest absolute Gasteiger partial charge is 0.573 e. The van der Waals surface area contributed by atoms with Crippen molar-refractivity contribution < 1.29 is 22.7 Å². The van der Waals surface area contributed by atoms with Gasteiger partial charge in [-0.1, -0.05) is 30.3 Å². The number of hydrogen-bond donors (Lipinski definition) is 0. The Balaban J connectivity index is 1.58. The monoisotopic (exact) mass is 373 g/mol. The molecule has 1 fully saturated rings. The molecule has 27 heavy (non-hydrogen) atoms. The molecule has 2 aromatic carbocycles. The normalized spacial score (nSPS) is 18.1. The molecule has 2 aliphatic heterocycles. The van der Waals surface area contributed by atoms with E-state index in [-0.39, 0.29) is 11.7 Å². The molecular weight excluding hydrogens is 359 g/mol. The number of benzene rings is 2. The summed E-state index contributed by atoms with van der Waals surface area (Å²) >= 11 is 0. The lowest BCUT2D eigenvalue weighted by atomic mass is 10.2. The Kier molecular flexibility index (Phi) is 4.10. The Labute approximate surface area is 153 Å². The second-order valence-electron chi connectivity index (χ2n) is 6.00. The van der Waals surface area contributed by atoms with Gasteiger partial charge in [-0.05, 0) is 35.9 Å². The molecule has 2 aromatic rings. The molecule has 8 heteroatoms. The summed E-state index contributed by atoms with van der Waals surface area (Å²) in [7, 11) is 0. The number of fused-ring (bicyclic) bond motifs is 1. The lowest BCUT2D eigenvalue weighted by molar-refractivity contribution is -0.274. The summed E-state index contributed by atoms with van der Waals surface area (Å²) in [5.41, 5.74) is 1.84. The molecule has 4 rings (SSSR count). The molecule has 2 aliphatic rings. The molecule has 0 bridgehead atoms. The Hall–Kier alpha value is -3.29. The van der Waals surface area contributed by atoms with Crippen LogP contribution in [0.15, 0.2) is 65.3 Å². The molecular formula is C19H14F3N3O2. The average molecular weight is 373 g/mol. The van der Waals surface area contributed by atoms with Gasteiger partial charge in [-0.25, -0.2) is 4.99 Å². The standard InChI is InChI=1S/C19H14F3N3O2/c20-19(21,22)27-15-8-6-14(7-9-15)24-10-11-25-17(26)16(23-18(24)25)12-13-4-2-1-3-5-13/h1-9,12H,10-11H2/b16-12-. The molecule has 0 unspecified atom stereocenters. The number of carbonyl (C=O) groups is 1. The smallest absolute Gasteiger partial charge is 0.406 e. The average Bonchev–Trinajstić information content (AvgIpc) is 3.16. The van der Waals surface area contributed by atoms with E-state index in [2.05, 4.69) is 9.73 Å². The Bertz CT molecular complexity index is 921. The molecule has 138 valence electrons. The van der Waals surface area contributed by atoms with Crippen LogP contribution in [0.1, 0.15) is 5.56 Å². The number of rotatable bonds is 3. The highest BCUT2D eigenvalue weighted by Crippen LogP contribution is 2.30. The molecule has 0 N–H and O–H groups in total. The Morgan fingerprint density at radius 1 is 0.963 bits per heavy atom. The highest BCUT2D eigenvalue weighted by Gasteiger charge is 2.39. The molecule has 1 saturated heterocycles. The van der Waals surface area contributed by atoms with Crippen molar-refractivity contribution in [1.82, 2.24) is 4.90 Å². The van der Waals surface area contributed by atoms with Crippen LogP contribution in [0.5, 0.6) is 5.75 Å². The van der Waals surface area contributed by atoms with Gasteiger partial charge >= 0.3 is 6.36 Å². The summed E-state index contributed by atoms with van der Waals surface area (Å²) in [6, 6.07) is 14.9. The number of guanidine groups is 1. The second-order valence-corrected chi connectivity index (χ2v) is 6.00. The van der Waals surface area contributed by atoms with Crippen LogP contribution in [0.4, 0.5) is 18.9 Å². The first-order valence-electron chi connectivity index (χ1n) is 8.21. The quantitative estimate of drug-likeness (QED) is 0.772. The van der Waals surface area contributed by atoms with Crippen LogP contribution in [-0.2, 0) is 4.79 Å². The molecule has 0 saturated carbocycles. The van der Waals surface area contributed by atoms with E-state index in [0.717, 1.165) is 5.56 Å². The van der Waals surface area contributed by atoms with Crippen molar-refractivity contribution >= 4 is 23.6 Å². The van der Waals surface area contributed by atoms with E-state index in [0.29, 0.717) is 30.4 Å². The van der Waals surface area contributed by atoms with Crippen LogP contribution in [0.2, 0.25) is 0 Å². The lowest BCUT2D eigenvalue weighted by Crippen LogP contribution is -2.32. The van der Waals surface area contributed by atoms with Crippen molar-refractivity contribution in [3.05, 3.63) is 65.9 Å². The van der Waals surface area contributed by atoms with Crippen molar-refractivity contribution in [3.8, 4) is 5.75 Å². The van der Waals surface area contributed by atoms with Crippen LogP contribution in [0.3, 0.4) is 0 Å². The van der Waals surface area contributed by atoms with Gasteiger partial charge in [0, 0.05) is 18.8 Å². The zero-order valence-corrected chi connectivity index (χ0v) is 14.0. The van der Waals surface area contributed by atoms with Gasteiger partial charge in [0.05, 0.1) is 0 Å². The molecule has 0 aromatic heterocycles. The van der Waals surface area contributed by atoms with Crippen molar-refractivity contribution in [2.75, 3.05) is 18.0 Å². The van der Waals surface area contributed by atoms with Gasteiger partial charge in [0.1, 0.15) is 11.4 Å². The first-order valence-corrected chi connectivity index (χ1v) is 8.21. The number of ether oxygens (including phenoxy) is 1. The van der Waals surface area contributed by atoms with Crippen LogP contribution >= 0.6 is 0 Å². The lowest BCUT2D eigenvalue weighted by Gasteiger charge is -2.18. The summed E-state index contributed by atoms with van der Waals surface area (Å²) in [4.78, 5) is 20.3. The number of carbonyl (C=O) groups excluding carboxylic acids is 1. The minimum absolute atomic E-state index is 0.187. The van der Waals surface area contributed by atoms with Crippen LogP contribution in [-0.4, -0.2) is 36.2 Å². The number of aliphatic imine (C=N–C) groups is 1. The SMILES string of the molecule is O=C1/C(=C/c2ccccc2)N=C2N1CCN2c1ccc(OC(F)(F)F)cc1. The van der Waals surface area contributed by atoms with Crippen molar-refractivity contribution in [2.24, 2.45) is 4.99 Å². The molecule has 1 amide bonds. The maximum Gasteiger partial charge on any atom is 0.573 e. The van der Waals surface area contributed by atoms with E-state index in [1.807, 2.05) is 30.3 Å². The number of nitrogens with zero attached hydrogens (tertiary/aromatic N) is 3. The number of anilines is 1. The third kappa shape index (κ3) is 3.51. The van der Waals surface area contributed by atoms with E-state index in [1.165, 1.54) is 24.3 Å². The van der Waals surface area contributed by atoms with Gasteiger partial charge in [0.2, 0.25) is 5.96 Å². The number of halogens is 3. The van der Waals surface area contributed by atoms with Crippen molar-refractivity contribution in [1.29, 1.82) is 0 Å². The fraction of sp³-hybridized carbons (Fsp3) is 0.158. The van der Waals surface area contributed by atoms with Gasteiger partial charge in [-0.15, -0.1) is 13.2 Å². The summed E-state index contributed by atoms with van der Waals surface area (Å²) in [5.74, 6) is -0.00329. The van der Waals surface area contributed by atoms with E-state index in [9.17, 15) is 18.0 Å². The minimum Gasteiger partial charge on any atom is -0.406 e. The van der Waals surface area contributed by atoms with Gasteiger partial charge in [0.25, 0.3) is 5.91 Å². The minimum atomic E-state index is -4.73. The van der Waals surface area contributed by atoms with E-state index >= 15 is 0 Å².